The molecule has 0 amide bonds. The highest BCUT2D eigenvalue weighted by molar-refractivity contribution is 5.88. The summed E-state index contributed by atoms with van der Waals surface area (Å²) in [6.45, 7) is 0.846. The molecule has 0 bridgehead atoms. The minimum absolute atomic E-state index is 0.146. The van der Waals surface area contributed by atoms with E-state index in [4.69, 9.17) is 4.74 Å². The van der Waals surface area contributed by atoms with Gasteiger partial charge in [0.25, 0.3) is 0 Å². The van der Waals surface area contributed by atoms with Crippen LogP contribution in [0.2, 0.25) is 0 Å². The van der Waals surface area contributed by atoms with Crippen molar-refractivity contribution >= 4 is 16.6 Å². The van der Waals surface area contributed by atoms with Gasteiger partial charge in [-0.2, -0.15) is 0 Å². The molecule has 0 spiro atoms. The topological polar surface area (TPSA) is 34.2 Å². The van der Waals surface area contributed by atoms with Crippen LogP contribution in [0.1, 0.15) is 36.1 Å². The van der Waals surface area contributed by atoms with Crippen molar-refractivity contribution < 1.29 is 4.74 Å². The largest absolute Gasteiger partial charge is 0.378 e. The Kier molecular flexibility index (Phi) is 3.27. The molecule has 5 rings (SSSR count). The number of aromatic nitrogens is 1. The van der Waals surface area contributed by atoms with Crippen LogP contribution in [0.15, 0.2) is 60.8 Å². The van der Waals surface area contributed by atoms with Crippen LogP contribution in [0, 0.1) is 5.92 Å². The summed E-state index contributed by atoms with van der Waals surface area (Å²) in [6.07, 6.45) is 4.32. The first-order valence-corrected chi connectivity index (χ1v) is 8.72. The molecular weight excluding hydrogens is 296 g/mol. The predicted molar refractivity (Wildman–Crippen MR) is 96.0 cm³/mol. The molecule has 3 heterocycles. The summed E-state index contributed by atoms with van der Waals surface area (Å²) in [4.78, 5) is 4.52. The van der Waals surface area contributed by atoms with Gasteiger partial charge in [0.05, 0.1) is 17.7 Å². The second-order valence-corrected chi connectivity index (χ2v) is 6.73. The summed E-state index contributed by atoms with van der Waals surface area (Å²) < 4.78 is 6.30. The number of nitrogens with one attached hydrogen (secondary N) is 1. The summed E-state index contributed by atoms with van der Waals surface area (Å²) in [5, 5.41) is 5.01. The van der Waals surface area contributed by atoms with Crippen LogP contribution in [0.4, 0.5) is 5.69 Å². The molecule has 3 nitrogen and oxygen atoms in total. The second-order valence-electron chi connectivity index (χ2n) is 6.73. The third-order valence-corrected chi connectivity index (χ3v) is 5.38. The summed E-state index contributed by atoms with van der Waals surface area (Å²) >= 11 is 0. The van der Waals surface area contributed by atoms with E-state index < -0.39 is 0 Å². The molecule has 24 heavy (non-hydrogen) atoms. The van der Waals surface area contributed by atoms with Gasteiger partial charge in [0, 0.05) is 35.4 Å². The number of benzene rings is 2. The van der Waals surface area contributed by atoms with E-state index in [9.17, 15) is 0 Å². The van der Waals surface area contributed by atoms with Crippen LogP contribution in [0.3, 0.4) is 0 Å². The van der Waals surface area contributed by atoms with Crippen molar-refractivity contribution in [1.29, 1.82) is 0 Å². The number of hydrogen-bond acceptors (Lipinski definition) is 3. The zero-order chi connectivity index (χ0) is 15.9. The second kappa shape index (κ2) is 5.60. The van der Waals surface area contributed by atoms with E-state index in [0.717, 1.165) is 18.5 Å². The molecule has 1 N–H and O–H groups in total. The van der Waals surface area contributed by atoms with Gasteiger partial charge in [-0.15, -0.1) is 0 Å². The first kappa shape index (κ1) is 14.0. The standard InChI is InChI=1S/C21H20N2O/c1-2-6-14(7-3-1)20-16-9-5-13-24-21(16)19-15-8-4-12-22-17(15)10-11-18(19)23-20/h1-4,6-8,10-12,16,20-21,23H,5,9,13H2/t16-,20+,21-/m0/s1. The van der Waals surface area contributed by atoms with Crippen molar-refractivity contribution in [3.05, 3.63) is 71.9 Å². The molecule has 1 aromatic heterocycles. The Morgan fingerprint density at radius 1 is 1.00 bits per heavy atom. The van der Waals surface area contributed by atoms with Crippen LogP contribution in [-0.4, -0.2) is 11.6 Å². The number of pyridine rings is 1. The average Bonchev–Trinajstić information content (AvgIpc) is 2.67. The molecule has 3 atom stereocenters. The SMILES string of the molecule is c1ccc([C@H]2Nc3ccc4ncccc4c3[C@H]3OCCC[C@@H]23)cc1. The van der Waals surface area contributed by atoms with Crippen molar-refractivity contribution in [2.45, 2.75) is 25.0 Å². The molecule has 1 fully saturated rings. The summed E-state index contributed by atoms with van der Waals surface area (Å²) in [5.74, 6) is 0.458. The molecule has 3 heteroatoms. The summed E-state index contributed by atoms with van der Waals surface area (Å²) in [7, 11) is 0. The molecule has 2 aromatic carbocycles. The minimum Gasteiger partial charge on any atom is -0.378 e. The van der Waals surface area contributed by atoms with Gasteiger partial charge in [0.2, 0.25) is 0 Å². The van der Waals surface area contributed by atoms with E-state index in [1.807, 2.05) is 12.3 Å². The van der Waals surface area contributed by atoms with Crippen molar-refractivity contribution in [1.82, 2.24) is 4.98 Å². The zero-order valence-corrected chi connectivity index (χ0v) is 13.5. The fourth-order valence-corrected chi connectivity index (χ4v) is 4.32. The van der Waals surface area contributed by atoms with E-state index in [-0.39, 0.29) is 6.10 Å². The molecule has 0 unspecified atom stereocenters. The van der Waals surface area contributed by atoms with Crippen LogP contribution in [-0.2, 0) is 4.74 Å². The molecule has 0 aliphatic carbocycles. The Labute approximate surface area is 141 Å². The van der Waals surface area contributed by atoms with Crippen molar-refractivity contribution in [2.24, 2.45) is 5.92 Å². The van der Waals surface area contributed by atoms with Crippen LogP contribution < -0.4 is 5.32 Å². The number of anilines is 1. The quantitative estimate of drug-likeness (QED) is 0.695. The zero-order valence-electron chi connectivity index (χ0n) is 13.5. The van der Waals surface area contributed by atoms with Crippen LogP contribution >= 0.6 is 0 Å². The molecule has 0 radical (unpaired) electrons. The monoisotopic (exact) mass is 316 g/mol. The highest BCUT2D eigenvalue weighted by Gasteiger charge is 2.40. The first-order valence-electron chi connectivity index (χ1n) is 8.72. The smallest absolute Gasteiger partial charge is 0.0902 e. The Morgan fingerprint density at radius 2 is 1.92 bits per heavy atom. The molecule has 2 aliphatic heterocycles. The lowest BCUT2D eigenvalue weighted by molar-refractivity contribution is -0.0372. The highest BCUT2D eigenvalue weighted by atomic mass is 16.5. The summed E-state index contributed by atoms with van der Waals surface area (Å²) in [5.41, 5.74) is 4.86. The fraction of sp³-hybridized carbons (Fsp3) is 0.286. The number of nitrogens with zero attached hydrogens (tertiary/aromatic N) is 1. The third-order valence-electron chi connectivity index (χ3n) is 5.38. The van der Waals surface area contributed by atoms with Crippen molar-refractivity contribution in [3.63, 3.8) is 0 Å². The lowest BCUT2D eigenvalue weighted by Crippen LogP contribution is -2.36. The van der Waals surface area contributed by atoms with E-state index in [1.165, 1.54) is 28.6 Å². The van der Waals surface area contributed by atoms with Gasteiger partial charge >= 0.3 is 0 Å². The van der Waals surface area contributed by atoms with Crippen molar-refractivity contribution in [2.75, 3.05) is 11.9 Å². The van der Waals surface area contributed by atoms with Gasteiger partial charge in [-0.25, -0.2) is 0 Å². The van der Waals surface area contributed by atoms with Gasteiger partial charge < -0.3 is 10.1 Å². The lowest BCUT2D eigenvalue weighted by Gasteiger charge is -2.43. The van der Waals surface area contributed by atoms with E-state index in [2.05, 4.69) is 58.8 Å². The van der Waals surface area contributed by atoms with Gasteiger partial charge in [0.15, 0.2) is 0 Å². The maximum atomic E-state index is 6.30. The Hall–Kier alpha value is -2.39. The van der Waals surface area contributed by atoms with E-state index in [1.54, 1.807) is 0 Å². The number of fused-ring (bicyclic) bond motifs is 5. The molecular formula is C21H20N2O. The van der Waals surface area contributed by atoms with Crippen LogP contribution in [0.5, 0.6) is 0 Å². The van der Waals surface area contributed by atoms with Gasteiger partial charge in [0.1, 0.15) is 0 Å². The lowest BCUT2D eigenvalue weighted by atomic mass is 9.76. The first-order chi connectivity index (χ1) is 11.9. The molecule has 2 aliphatic rings. The van der Waals surface area contributed by atoms with E-state index >= 15 is 0 Å². The normalized spacial score (nSPS) is 25.6. The average molecular weight is 316 g/mol. The highest BCUT2D eigenvalue weighted by Crippen LogP contribution is 2.50. The number of hydrogen-bond donors (Lipinski definition) is 1. The maximum absolute atomic E-state index is 6.30. The number of ether oxygens (including phenoxy) is 1. The Balaban J connectivity index is 1.69. The maximum Gasteiger partial charge on any atom is 0.0902 e. The van der Waals surface area contributed by atoms with Crippen LogP contribution in [0.25, 0.3) is 10.9 Å². The predicted octanol–water partition coefficient (Wildman–Crippen LogP) is 4.87. The minimum atomic E-state index is 0.146. The number of rotatable bonds is 1. The Bertz CT molecular complexity index is 877. The Morgan fingerprint density at radius 3 is 2.83 bits per heavy atom. The van der Waals surface area contributed by atoms with Crippen molar-refractivity contribution in [3.8, 4) is 0 Å². The van der Waals surface area contributed by atoms with Gasteiger partial charge in [-0.05, 0) is 36.6 Å². The third kappa shape index (κ3) is 2.12. The van der Waals surface area contributed by atoms with Gasteiger partial charge in [-0.3, -0.25) is 4.98 Å². The van der Waals surface area contributed by atoms with E-state index in [0.29, 0.717) is 12.0 Å². The summed E-state index contributed by atoms with van der Waals surface area (Å²) in [6, 6.07) is 19.5. The fourth-order valence-electron chi connectivity index (χ4n) is 4.32. The molecule has 120 valence electrons. The molecule has 1 saturated heterocycles. The molecule has 3 aromatic rings. The molecule has 0 saturated carbocycles. The van der Waals surface area contributed by atoms with Gasteiger partial charge in [-0.1, -0.05) is 36.4 Å².